The van der Waals surface area contributed by atoms with Crippen LogP contribution in [-0.4, -0.2) is 41.2 Å². The highest BCUT2D eigenvalue weighted by atomic mass is 16.7. The van der Waals surface area contributed by atoms with Gasteiger partial charge < -0.3 is 9.94 Å². The summed E-state index contributed by atoms with van der Waals surface area (Å²) in [6.45, 7) is 3.94. The number of nitrogens with two attached hydrogens (primary N) is 1. The van der Waals surface area contributed by atoms with Crippen LogP contribution >= 0.6 is 0 Å². The van der Waals surface area contributed by atoms with Crippen molar-refractivity contribution in [1.29, 1.82) is 0 Å². The van der Waals surface area contributed by atoms with Gasteiger partial charge >= 0.3 is 5.97 Å². The smallest absolute Gasteiger partial charge is 0.327 e. The minimum atomic E-state index is -0.631. The van der Waals surface area contributed by atoms with Crippen molar-refractivity contribution in [2.45, 2.75) is 31.8 Å². The molecular weight excluding hydrogens is 198 g/mol. The van der Waals surface area contributed by atoms with Crippen molar-refractivity contribution in [3.05, 3.63) is 0 Å². The highest BCUT2D eigenvalue weighted by Crippen LogP contribution is 2.20. The Kier molecular flexibility index (Phi) is 4.46. The maximum Gasteiger partial charge on any atom is 0.327 e. The third-order valence-corrected chi connectivity index (χ3v) is 2.56. The molecule has 15 heavy (non-hydrogen) atoms. The lowest BCUT2D eigenvalue weighted by Crippen LogP contribution is -2.46. The maximum absolute atomic E-state index is 11.0. The van der Waals surface area contributed by atoms with E-state index in [2.05, 4.69) is 9.74 Å². The van der Waals surface area contributed by atoms with E-state index in [-0.39, 0.29) is 12.4 Å². The van der Waals surface area contributed by atoms with E-state index in [1.165, 1.54) is 0 Å². The lowest BCUT2D eigenvalue weighted by atomic mass is 9.95. The molecule has 0 aromatic carbocycles. The minimum Gasteiger partial charge on any atom is -0.389 e. The van der Waals surface area contributed by atoms with E-state index >= 15 is 0 Å². The number of carbonyl (C=O) groups excluding carboxylic acids is 1. The fourth-order valence-corrected chi connectivity index (χ4v) is 1.88. The van der Waals surface area contributed by atoms with Gasteiger partial charge in [0.25, 0.3) is 0 Å². The van der Waals surface area contributed by atoms with Crippen molar-refractivity contribution in [1.82, 2.24) is 10.5 Å². The summed E-state index contributed by atoms with van der Waals surface area (Å²) in [4.78, 5) is 17.4. The maximum atomic E-state index is 11.0. The summed E-state index contributed by atoms with van der Waals surface area (Å²) >= 11 is 0. The monoisotopic (exact) mass is 217 g/mol. The molecule has 0 bridgehead atoms. The number of hydrogen-bond acceptors (Lipinski definition) is 6. The molecule has 6 nitrogen and oxygen atoms in total. The van der Waals surface area contributed by atoms with Crippen LogP contribution in [0.3, 0.4) is 0 Å². The van der Waals surface area contributed by atoms with Crippen LogP contribution in [0.5, 0.6) is 0 Å². The summed E-state index contributed by atoms with van der Waals surface area (Å²) in [6, 6.07) is 0. The van der Waals surface area contributed by atoms with Crippen LogP contribution in [0.4, 0.5) is 0 Å². The van der Waals surface area contributed by atoms with E-state index in [1.54, 1.807) is 0 Å². The predicted octanol–water partition coefficient (Wildman–Crippen LogP) is -0.855. The fraction of sp³-hybridized carbons (Fsp3) is 0.889. The fourth-order valence-electron chi connectivity index (χ4n) is 1.88. The Hall–Kier alpha value is -0.690. The summed E-state index contributed by atoms with van der Waals surface area (Å²) in [6.07, 6.45) is 2.05. The Morgan fingerprint density at radius 1 is 1.73 bits per heavy atom. The number of aliphatic hydroxyl groups is 1. The van der Waals surface area contributed by atoms with Gasteiger partial charge in [0.2, 0.25) is 0 Å². The zero-order valence-corrected chi connectivity index (χ0v) is 9.03. The quantitative estimate of drug-likeness (QED) is 0.420. The highest BCUT2D eigenvalue weighted by molar-refractivity contribution is 5.69. The van der Waals surface area contributed by atoms with Gasteiger partial charge in [0.05, 0.1) is 12.0 Å². The minimum absolute atomic E-state index is 0.278. The van der Waals surface area contributed by atoms with Crippen LogP contribution in [-0.2, 0) is 9.63 Å². The summed E-state index contributed by atoms with van der Waals surface area (Å²) < 4.78 is 0. The first-order valence-electron chi connectivity index (χ1n) is 5.13. The van der Waals surface area contributed by atoms with Crippen LogP contribution in [0.15, 0.2) is 0 Å². The van der Waals surface area contributed by atoms with E-state index in [0.717, 1.165) is 19.4 Å². The van der Waals surface area contributed by atoms with Crippen molar-refractivity contribution in [3.8, 4) is 0 Å². The Labute approximate surface area is 89.3 Å². The zero-order chi connectivity index (χ0) is 11.3. The van der Waals surface area contributed by atoms with Crippen molar-refractivity contribution < 1.29 is 14.7 Å². The topological polar surface area (TPSA) is 87.8 Å². The SMILES string of the molecule is CC1(O)CCCN(CCC(=O)ONN)C1. The average molecular weight is 217 g/mol. The summed E-state index contributed by atoms with van der Waals surface area (Å²) in [5.41, 5.74) is 1.22. The number of carbonyl (C=O) groups is 1. The first-order chi connectivity index (χ1) is 7.03. The molecule has 1 aliphatic heterocycles. The van der Waals surface area contributed by atoms with Gasteiger partial charge in [-0.3, -0.25) is 9.69 Å². The third-order valence-electron chi connectivity index (χ3n) is 2.56. The van der Waals surface area contributed by atoms with Crippen molar-refractivity contribution in [2.75, 3.05) is 19.6 Å². The molecule has 1 unspecified atom stereocenters. The first kappa shape index (κ1) is 12.4. The number of nitrogens with one attached hydrogen (secondary N) is 1. The Balaban J connectivity index is 2.24. The molecule has 4 N–H and O–H groups in total. The summed E-state index contributed by atoms with van der Waals surface area (Å²) in [7, 11) is 0. The van der Waals surface area contributed by atoms with Gasteiger partial charge in [0, 0.05) is 13.1 Å². The van der Waals surface area contributed by atoms with Crippen molar-refractivity contribution in [3.63, 3.8) is 0 Å². The standard InChI is InChI=1S/C9H19N3O3/c1-9(14)4-2-5-12(7-9)6-3-8(13)15-11-10/h11,14H,2-7,10H2,1H3. The molecule has 1 atom stereocenters. The zero-order valence-electron chi connectivity index (χ0n) is 9.03. The number of nitrogens with zero attached hydrogens (tertiary/aromatic N) is 1. The second-order valence-corrected chi connectivity index (χ2v) is 4.22. The molecule has 1 heterocycles. The summed E-state index contributed by atoms with van der Waals surface area (Å²) in [5.74, 6) is 4.45. The van der Waals surface area contributed by atoms with Crippen LogP contribution in [0.25, 0.3) is 0 Å². The number of hydrazine groups is 1. The van der Waals surface area contributed by atoms with Gasteiger partial charge in [0.1, 0.15) is 0 Å². The molecule has 0 aromatic heterocycles. The molecule has 0 amide bonds. The molecular formula is C9H19N3O3. The molecule has 1 saturated heterocycles. The highest BCUT2D eigenvalue weighted by Gasteiger charge is 2.28. The lowest BCUT2D eigenvalue weighted by molar-refractivity contribution is -0.152. The second-order valence-electron chi connectivity index (χ2n) is 4.22. The van der Waals surface area contributed by atoms with Crippen LogP contribution in [0.2, 0.25) is 0 Å². The molecule has 0 radical (unpaired) electrons. The molecule has 1 fully saturated rings. The molecule has 1 aliphatic rings. The number of rotatable bonds is 4. The van der Waals surface area contributed by atoms with Gasteiger partial charge in [-0.1, -0.05) is 5.59 Å². The molecule has 88 valence electrons. The molecule has 6 heteroatoms. The molecule has 0 aliphatic carbocycles. The van der Waals surface area contributed by atoms with E-state index in [9.17, 15) is 9.90 Å². The van der Waals surface area contributed by atoms with E-state index in [1.807, 2.05) is 12.5 Å². The van der Waals surface area contributed by atoms with E-state index in [0.29, 0.717) is 13.1 Å². The number of hydrogen-bond donors (Lipinski definition) is 3. The summed E-state index contributed by atoms with van der Waals surface area (Å²) in [5, 5.41) is 9.82. The van der Waals surface area contributed by atoms with Gasteiger partial charge in [-0.05, 0) is 26.3 Å². The van der Waals surface area contributed by atoms with Crippen molar-refractivity contribution in [2.24, 2.45) is 5.84 Å². The molecule has 0 saturated carbocycles. The van der Waals surface area contributed by atoms with Gasteiger partial charge in [-0.15, -0.1) is 0 Å². The first-order valence-corrected chi connectivity index (χ1v) is 5.13. The van der Waals surface area contributed by atoms with E-state index < -0.39 is 5.60 Å². The number of likely N-dealkylation sites (tertiary alicyclic amines) is 1. The van der Waals surface area contributed by atoms with Gasteiger partial charge in [-0.25, -0.2) is 5.84 Å². The molecule has 0 spiro atoms. The van der Waals surface area contributed by atoms with E-state index in [4.69, 9.17) is 5.84 Å². The lowest BCUT2D eigenvalue weighted by Gasteiger charge is -2.36. The molecule has 0 aromatic rings. The third kappa shape index (κ3) is 4.57. The number of piperidine rings is 1. The predicted molar refractivity (Wildman–Crippen MR) is 54.3 cm³/mol. The van der Waals surface area contributed by atoms with Crippen LogP contribution < -0.4 is 11.4 Å². The van der Waals surface area contributed by atoms with Crippen molar-refractivity contribution >= 4 is 5.97 Å². The largest absolute Gasteiger partial charge is 0.389 e. The second kappa shape index (κ2) is 5.41. The van der Waals surface area contributed by atoms with Crippen LogP contribution in [0.1, 0.15) is 26.2 Å². The normalized spacial score (nSPS) is 27.7. The Morgan fingerprint density at radius 3 is 3.07 bits per heavy atom. The Bertz CT molecular complexity index is 221. The van der Waals surface area contributed by atoms with Gasteiger partial charge in [-0.2, -0.15) is 0 Å². The molecule has 1 rings (SSSR count). The average Bonchev–Trinajstić information content (AvgIpc) is 2.14. The number of β-amino-alcohol motifs (C(OH)–C–C–N with tert-alkyl or cyclic N) is 1. The Morgan fingerprint density at radius 2 is 2.47 bits per heavy atom. The van der Waals surface area contributed by atoms with Crippen LogP contribution in [0, 0.1) is 0 Å². The van der Waals surface area contributed by atoms with Gasteiger partial charge in [0.15, 0.2) is 0 Å².